The van der Waals surface area contributed by atoms with E-state index in [1.807, 2.05) is 24.3 Å². The van der Waals surface area contributed by atoms with Crippen molar-refractivity contribution < 1.29 is 23.5 Å². The smallest absolute Gasteiger partial charge is 0.329 e. The number of ether oxygens (including phenoxy) is 1. The summed E-state index contributed by atoms with van der Waals surface area (Å²) in [5, 5.41) is 4.07. The van der Waals surface area contributed by atoms with Gasteiger partial charge in [0.1, 0.15) is 6.04 Å². The molecule has 0 aliphatic carbocycles. The van der Waals surface area contributed by atoms with Gasteiger partial charge >= 0.3 is 5.97 Å². The molecule has 0 aliphatic rings. The predicted octanol–water partition coefficient (Wildman–Crippen LogP) is 4.18. The van der Waals surface area contributed by atoms with Gasteiger partial charge in [-0.2, -0.15) is 0 Å². The summed E-state index contributed by atoms with van der Waals surface area (Å²) in [6, 6.07) is 15.9. The molecule has 0 bridgehead atoms. The van der Waals surface area contributed by atoms with Crippen molar-refractivity contribution in [3.63, 3.8) is 0 Å². The first-order chi connectivity index (χ1) is 15.5. The van der Waals surface area contributed by atoms with Crippen molar-refractivity contribution >= 4 is 40.2 Å². The SMILES string of the molecule is O=C(COC(=O)C(Cc1c[nH]c2ccccc12)NC(=O)c1ccco1)c1ccc(Cl)cc1. The Labute approximate surface area is 188 Å². The van der Waals surface area contributed by atoms with Crippen molar-refractivity contribution in [2.75, 3.05) is 6.61 Å². The van der Waals surface area contributed by atoms with Crippen LogP contribution in [0, 0.1) is 0 Å². The quantitative estimate of drug-likeness (QED) is 0.310. The maximum atomic E-state index is 12.8. The number of carbonyl (C=O) groups excluding carboxylic acids is 3. The van der Waals surface area contributed by atoms with Crippen molar-refractivity contribution in [2.24, 2.45) is 0 Å². The van der Waals surface area contributed by atoms with E-state index < -0.39 is 24.5 Å². The number of furan rings is 1. The van der Waals surface area contributed by atoms with Crippen LogP contribution in [0.3, 0.4) is 0 Å². The molecule has 0 spiro atoms. The Balaban J connectivity index is 1.49. The number of amides is 1. The fourth-order valence-electron chi connectivity index (χ4n) is 3.31. The third-order valence-electron chi connectivity index (χ3n) is 4.95. The van der Waals surface area contributed by atoms with Gasteiger partial charge in [0.15, 0.2) is 18.2 Å². The van der Waals surface area contributed by atoms with E-state index in [0.717, 1.165) is 16.5 Å². The molecule has 7 nitrogen and oxygen atoms in total. The van der Waals surface area contributed by atoms with Crippen molar-refractivity contribution in [1.82, 2.24) is 10.3 Å². The maximum absolute atomic E-state index is 12.8. The molecule has 0 saturated heterocycles. The highest BCUT2D eigenvalue weighted by Gasteiger charge is 2.26. The van der Waals surface area contributed by atoms with Gasteiger partial charge in [0.25, 0.3) is 5.91 Å². The van der Waals surface area contributed by atoms with Gasteiger partial charge in [-0.3, -0.25) is 9.59 Å². The number of benzene rings is 2. The Bertz CT molecular complexity index is 1250. The van der Waals surface area contributed by atoms with Gasteiger partial charge in [-0.15, -0.1) is 0 Å². The van der Waals surface area contributed by atoms with Crippen LogP contribution in [0.2, 0.25) is 5.02 Å². The summed E-state index contributed by atoms with van der Waals surface area (Å²) >= 11 is 5.84. The fraction of sp³-hybridized carbons (Fsp3) is 0.125. The second kappa shape index (κ2) is 9.53. The molecule has 2 heterocycles. The molecule has 32 heavy (non-hydrogen) atoms. The number of hydrogen-bond donors (Lipinski definition) is 2. The normalized spacial score (nSPS) is 11.8. The molecular formula is C24H19ClN2O5. The van der Waals surface area contributed by atoms with Gasteiger partial charge in [0.05, 0.1) is 6.26 Å². The third kappa shape index (κ3) is 4.90. The van der Waals surface area contributed by atoms with Crippen LogP contribution in [0.25, 0.3) is 10.9 Å². The van der Waals surface area contributed by atoms with Crippen molar-refractivity contribution in [3.05, 3.63) is 95.0 Å². The number of aromatic nitrogens is 1. The van der Waals surface area contributed by atoms with E-state index in [2.05, 4.69) is 10.3 Å². The highest BCUT2D eigenvalue weighted by Crippen LogP contribution is 2.20. The van der Waals surface area contributed by atoms with E-state index in [0.29, 0.717) is 10.6 Å². The molecule has 4 aromatic rings. The van der Waals surface area contributed by atoms with Crippen LogP contribution < -0.4 is 5.32 Å². The van der Waals surface area contributed by atoms with E-state index in [1.165, 1.54) is 12.3 Å². The van der Waals surface area contributed by atoms with E-state index in [-0.39, 0.29) is 18.0 Å². The van der Waals surface area contributed by atoms with E-state index in [9.17, 15) is 14.4 Å². The standard InChI is InChI=1S/C24H19ClN2O5/c25-17-9-7-15(8-10-17)21(28)14-32-24(30)20(27-23(29)22-6-3-11-31-22)12-16-13-26-19-5-2-1-4-18(16)19/h1-11,13,20,26H,12,14H2,(H,27,29). The summed E-state index contributed by atoms with van der Waals surface area (Å²) in [6.45, 7) is -0.457. The van der Waals surface area contributed by atoms with E-state index in [1.54, 1.807) is 36.5 Å². The highest BCUT2D eigenvalue weighted by molar-refractivity contribution is 6.30. The minimum absolute atomic E-state index is 0.0685. The Morgan fingerprint density at radius 2 is 1.81 bits per heavy atom. The zero-order valence-electron chi connectivity index (χ0n) is 16.8. The molecule has 0 radical (unpaired) electrons. The van der Waals surface area contributed by atoms with Gasteiger partial charge in [-0.25, -0.2) is 4.79 Å². The first-order valence-electron chi connectivity index (χ1n) is 9.86. The minimum Gasteiger partial charge on any atom is -0.459 e. The largest absolute Gasteiger partial charge is 0.459 e. The predicted molar refractivity (Wildman–Crippen MR) is 119 cm³/mol. The number of aromatic amines is 1. The summed E-state index contributed by atoms with van der Waals surface area (Å²) < 4.78 is 10.4. The second-order valence-corrected chi connectivity index (χ2v) is 7.54. The number of H-pyrrole nitrogens is 1. The van der Waals surface area contributed by atoms with Gasteiger partial charge in [-0.1, -0.05) is 29.8 Å². The first-order valence-corrected chi connectivity index (χ1v) is 10.2. The lowest BCUT2D eigenvalue weighted by atomic mass is 10.0. The number of ketones is 1. The third-order valence-corrected chi connectivity index (χ3v) is 5.20. The molecule has 0 aliphatic heterocycles. The molecule has 1 unspecified atom stereocenters. The first kappa shape index (κ1) is 21.4. The van der Waals surface area contributed by atoms with Crippen LogP contribution >= 0.6 is 11.6 Å². The van der Waals surface area contributed by atoms with Crippen molar-refractivity contribution in [2.45, 2.75) is 12.5 Å². The summed E-state index contributed by atoms with van der Waals surface area (Å²) in [5.41, 5.74) is 2.10. The molecule has 2 N–H and O–H groups in total. The Morgan fingerprint density at radius 1 is 1.03 bits per heavy atom. The van der Waals surface area contributed by atoms with Crippen molar-refractivity contribution in [1.29, 1.82) is 0 Å². The maximum Gasteiger partial charge on any atom is 0.329 e. The molecule has 162 valence electrons. The topological polar surface area (TPSA) is 101 Å². The molecule has 2 aromatic carbocycles. The molecule has 2 aromatic heterocycles. The number of nitrogens with one attached hydrogen (secondary N) is 2. The lowest BCUT2D eigenvalue weighted by Crippen LogP contribution is -2.43. The Hall–Kier alpha value is -3.84. The minimum atomic E-state index is -1.02. The lowest BCUT2D eigenvalue weighted by molar-refractivity contribution is -0.144. The Morgan fingerprint density at radius 3 is 2.56 bits per heavy atom. The lowest BCUT2D eigenvalue weighted by Gasteiger charge is -2.17. The fourth-order valence-corrected chi connectivity index (χ4v) is 3.43. The number of fused-ring (bicyclic) bond motifs is 1. The van der Waals surface area contributed by atoms with Crippen LogP contribution in [0.4, 0.5) is 0 Å². The number of esters is 1. The average molecular weight is 451 g/mol. The van der Waals surface area contributed by atoms with Gasteiger partial charge in [0.2, 0.25) is 0 Å². The molecule has 0 fully saturated rings. The summed E-state index contributed by atoms with van der Waals surface area (Å²) in [5.74, 6) is -1.59. The van der Waals surface area contributed by atoms with Gasteiger partial charge in [-0.05, 0) is 48.0 Å². The zero-order valence-corrected chi connectivity index (χ0v) is 17.6. The number of rotatable bonds is 8. The monoisotopic (exact) mass is 450 g/mol. The van der Waals surface area contributed by atoms with Crippen LogP contribution in [-0.2, 0) is 16.0 Å². The zero-order chi connectivity index (χ0) is 22.5. The summed E-state index contributed by atoms with van der Waals surface area (Å²) in [6.07, 6.45) is 3.32. The van der Waals surface area contributed by atoms with Crippen LogP contribution in [0.5, 0.6) is 0 Å². The highest BCUT2D eigenvalue weighted by atomic mass is 35.5. The van der Waals surface area contributed by atoms with Crippen LogP contribution in [0.1, 0.15) is 26.5 Å². The van der Waals surface area contributed by atoms with E-state index in [4.69, 9.17) is 20.8 Å². The van der Waals surface area contributed by atoms with Gasteiger partial charge in [0, 0.05) is 34.1 Å². The summed E-state index contributed by atoms with van der Waals surface area (Å²) in [7, 11) is 0. The van der Waals surface area contributed by atoms with Crippen LogP contribution in [-0.4, -0.2) is 35.3 Å². The Kier molecular flexibility index (Phi) is 6.37. The molecule has 1 amide bonds. The number of carbonyl (C=O) groups is 3. The number of Topliss-reactive ketones (excluding diaryl/α,β-unsaturated/α-hetero) is 1. The molecule has 0 saturated carbocycles. The molecular weight excluding hydrogens is 432 g/mol. The average Bonchev–Trinajstić information content (AvgIpc) is 3.48. The molecule has 4 rings (SSSR count). The van der Waals surface area contributed by atoms with Crippen molar-refractivity contribution in [3.8, 4) is 0 Å². The molecule has 1 atom stereocenters. The van der Waals surface area contributed by atoms with Gasteiger partial charge < -0.3 is 19.5 Å². The molecule has 8 heteroatoms. The second-order valence-electron chi connectivity index (χ2n) is 7.10. The van der Waals surface area contributed by atoms with E-state index >= 15 is 0 Å². The summed E-state index contributed by atoms with van der Waals surface area (Å²) in [4.78, 5) is 40.9. The van der Waals surface area contributed by atoms with Crippen LogP contribution in [0.15, 0.2) is 77.5 Å². The number of hydrogen-bond acceptors (Lipinski definition) is 5. The number of halogens is 1. The number of para-hydroxylation sites is 1.